The van der Waals surface area contributed by atoms with Crippen LogP contribution in [0, 0.1) is 0 Å². The summed E-state index contributed by atoms with van der Waals surface area (Å²) in [5.74, 6) is 0.307. The van der Waals surface area contributed by atoms with E-state index in [9.17, 15) is 4.79 Å². The van der Waals surface area contributed by atoms with Crippen LogP contribution in [0.1, 0.15) is 38.7 Å². The van der Waals surface area contributed by atoms with Crippen LogP contribution in [0.2, 0.25) is 0 Å². The van der Waals surface area contributed by atoms with Crippen molar-refractivity contribution in [2.24, 2.45) is 0 Å². The van der Waals surface area contributed by atoms with Crippen LogP contribution < -0.4 is 10.1 Å². The fraction of sp³-hybridized carbons (Fsp3) is 0.500. The first-order chi connectivity index (χ1) is 11.2. The van der Waals surface area contributed by atoms with E-state index in [1.807, 2.05) is 38.2 Å². The summed E-state index contributed by atoms with van der Waals surface area (Å²) in [5.41, 5.74) is 1.93. The molecular weight excluding hydrogens is 292 g/mol. The van der Waals surface area contributed by atoms with E-state index in [-0.39, 0.29) is 11.9 Å². The molecule has 1 aromatic carbocycles. The highest BCUT2D eigenvalue weighted by atomic mass is 16.5. The average Bonchev–Trinajstić information content (AvgIpc) is 2.97. The summed E-state index contributed by atoms with van der Waals surface area (Å²) in [6.45, 7) is 8.66. The second-order valence-electron chi connectivity index (χ2n) is 5.52. The molecule has 0 saturated carbocycles. The predicted molar refractivity (Wildman–Crippen MR) is 92.0 cm³/mol. The van der Waals surface area contributed by atoms with E-state index in [1.165, 1.54) is 0 Å². The summed E-state index contributed by atoms with van der Waals surface area (Å²) in [6.07, 6.45) is 2.99. The smallest absolute Gasteiger partial charge is 0.313 e. The van der Waals surface area contributed by atoms with Gasteiger partial charge in [0.25, 0.3) is 0 Å². The van der Waals surface area contributed by atoms with Crippen molar-refractivity contribution in [1.82, 2.24) is 10.3 Å². The SMILES string of the molecule is CCCNCCOc1ccc2[nH]cc(C(C)C(=O)OCC)c2c1. The molecule has 0 fully saturated rings. The number of hydrogen-bond donors (Lipinski definition) is 2. The molecule has 2 rings (SSSR count). The van der Waals surface area contributed by atoms with E-state index in [0.29, 0.717) is 13.2 Å². The Labute approximate surface area is 137 Å². The van der Waals surface area contributed by atoms with Gasteiger partial charge >= 0.3 is 5.97 Å². The van der Waals surface area contributed by atoms with Crippen LogP contribution in [-0.4, -0.2) is 37.3 Å². The minimum atomic E-state index is -0.301. The molecule has 0 bridgehead atoms. The van der Waals surface area contributed by atoms with Crippen molar-refractivity contribution >= 4 is 16.9 Å². The van der Waals surface area contributed by atoms with Crippen LogP contribution in [-0.2, 0) is 9.53 Å². The first-order valence-corrected chi connectivity index (χ1v) is 8.28. The third-order valence-electron chi connectivity index (χ3n) is 3.77. The number of hydrogen-bond acceptors (Lipinski definition) is 4. The van der Waals surface area contributed by atoms with Gasteiger partial charge in [-0.15, -0.1) is 0 Å². The molecule has 2 N–H and O–H groups in total. The lowest BCUT2D eigenvalue weighted by molar-refractivity contribution is -0.144. The maximum absolute atomic E-state index is 12.0. The van der Waals surface area contributed by atoms with Gasteiger partial charge in [-0.05, 0) is 50.6 Å². The number of carbonyl (C=O) groups excluding carboxylic acids is 1. The van der Waals surface area contributed by atoms with E-state index in [0.717, 1.165) is 41.7 Å². The lowest BCUT2D eigenvalue weighted by Crippen LogP contribution is -2.21. The number of fused-ring (bicyclic) bond motifs is 1. The molecule has 23 heavy (non-hydrogen) atoms. The predicted octanol–water partition coefficient (Wildman–Crippen LogP) is 3.21. The van der Waals surface area contributed by atoms with Crippen molar-refractivity contribution in [2.75, 3.05) is 26.3 Å². The molecule has 2 aromatic rings. The summed E-state index contributed by atoms with van der Waals surface area (Å²) in [7, 11) is 0. The Balaban J connectivity index is 2.08. The number of aromatic amines is 1. The van der Waals surface area contributed by atoms with Crippen LogP contribution in [0.25, 0.3) is 10.9 Å². The van der Waals surface area contributed by atoms with Crippen LogP contribution in [0.4, 0.5) is 0 Å². The summed E-state index contributed by atoms with van der Waals surface area (Å²) >= 11 is 0. The lowest BCUT2D eigenvalue weighted by atomic mass is 10.0. The number of esters is 1. The Bertz CT molecular complexity index is 636. The zero-order valence-corrected chi connectivity index (χ0v) is 14.1. The summed E-state index contributed by atoms with van der Waals surface area (Å²) in [6, 6.07) is 5.90. The number of benzene rings is 1. The number of H-pyrrole nitrogens is 1. The number of nitrogens with one attached hydrogen (secondary N) is 2. The lowest BCUT2D eigenvalue weighted by Gasteiger charge is -2.11. The minimum absolute atomic E-state index is 0.205. The summed E-state index contributed by atoms with van der Waals surface area (Å²) in [4.78, 5) is 15.2. The topological polar surface area (TPSA) is 63.3 Å². The van der Waals surface area contributed by atoms with Crippen molar-refractivity contribution < 1.29 is 14.3 Å². The Morgan fingerprint density at radius 1 is 1.30 bits per heavy atom. The molecule has 0 aliphatic carbocycles. The zero-order chi connectivity index (χ0) is 16.7. The fourth-order valence-electron chi connectivity index (χ4n) is 2.51. The Kier molecular flexibility index (Phi) is 6.47. The van der Waals surface area contributed by atoms with Crippen LogP contribution in [0.15, 0.2) is 24.4 Å². The van der Waals surface area contributed by atoms with Gasteiger partial charge in [0.05, 0.1) is 12.5 Å². The molecule has 1 heterocycles. The van der Waals surface area contributed by atoms with Gasteiger partial charge in [0.2, 0.25) is 0 Å². The molecule has 1 aromatic heterocycles. The number of aromatic nitrogens is 1. The highest BCUT2D eigenvalue weighted by Crippen LogP contribution is 2.29. The first kappa shape index (κ1) is 17.3. The van der Waals surface area contributed by atoms with E-state index in [2.05, 4.69) is 17.2 Å². The maximum atomic E-state index is 12.0. The largest absolute Gasteiger partial charge is 0.492 e. The molecule has 0 aliphatic heterocycles. The molecule has 5 heteroatoms. The summed E-state index contributed by atoms with van der Waals surface area (Å²) in [5, 5.41) is 4.31. The standard InChI is InChI=1S/C18H26N2O3/c1-4-8-19-9-10-23-14-6-7-17-15(11-14)16(12-20-17)13(3)18(21)22-5-2/h6-7,11-13,19-20H,4-5,8-10H2,1-3H3. The van der Waals surface area contributed by atoms with Gasteiger partial charge < -0.3 is 19.8 Å². The summed E-state index contributed by atoms with van der Waals surface area (Å²) < 4.78 is 10.9. The quantitative estimate of drug-likeness (QED) is 0.550. The highest BCUT2D eigenvalue weighted by molar-refractivity contribution is 5.90. The van der Waals surface area contributed by atoms with E-state index in [4.69, 9.17) is 9.47 Å². The molecule has 1 atom stereocenters. The van der Waals surface area contributed by atoms with E-state index in [1.54, 1.807) is 0 Å². The van der Waals surface area contributed by atoms with Crippen molar-refractivity contribution in [2.45, 2.75) is 33.1 Å². The second-order valence-corrected chi connectivity index (χ2v) is 5.52. The van der Waals surface area contributed by atoms with Gasteiger partial charge in [0.1, 0.15) is 12.4 Å². The number of ether oxygens (including phenoxy) is 2. The van der Waals surface area contributed by atoms with Gasteiger partial charge in [-0.25, -0.2) is 0 Å². The Morgan fingerprint density at radius 2 is 2.13 bits per heavy atom. The Morgan fingerprint density at radius 3 is 2.87 bits per heavy atom. The monoisotopic (exact) mass is 318 g/mol. The highest BCUT2D eigenvalue weighted by Gasteiger charge is 2.20. The number of carbonyl (C=O) groups is 1. The number of rotatable bonds is 9. The second kappa shape index (κ2) is 8.58. The third-order valence-corrected chi connectivity index (χ3v) is 3.77. The normalized spacial score (nSPS) is 12.3. The van der Waals surface area contributed by atoms with Crippen LogP contribution >= 0.6 is 0 Å². The van der Waals surface area contributed by atoms with Gasteiger partial charge in [0, 0.05) is 23.6 Å². The first-order valence-electron chi connectivity index (χ1n) is 8.28. The average molecular weight is 318 g/mol. The van der Waals surface area contributed by atoms with Crippen molar-refractivity contribution in [3.8, 4) is 5.75 Å². The molecule has 0 aliphatic rings. The zero-order valence-electron chi connectivity index (χ0n) is 14.1. The van der Waals surface area contributed by atoms with Crippen molar-refractivity contribution in [3.05, 3.63) is 30.0 Å². The molecule has 126 valence electrons. The minimum Gasteiger partial charge on any atom is -0.492 e. The molecule has 1 unspecified atom stereocenters. The molecule has 5 nitrogen and oxygen atoms in total. The molecule has 0 spiro atoms. The van der Waals surface area contributed by atoms with E-state index >= 15 is 0 Å². The molecular formula is C18H26N2O3. The molecule has 0 saturated heterocycles. The molecule has 0 radical (unpaired) electrons. The van der Waals surface area contributed by atoms with Gasteiger partial charge in [-0.3, -0.25) is 4.79 Å². The van der Waals surface area contributed by atoms with E-state index < -0.39 is 0 Å². The van der Waals surface area contributed by atoms with Crippen LogP contribution in [0.3, 0.4) is 0 Å². The van der Waals surface area contributed by atoms with Crippen molar-refractivity contribution in [3.63, 3.8) is 0 Å². The van der Waals surface area contributed by atoms with Crippen molar-refractivity contribution in [1.29, 1.82) is 0 Å². The van der Waals surface area contributed by atoms with Crippen LogP contribution in [0.5, 0.6) is 5.75 Å². The molecule has 0 amide bonds. The maximum Gasteiger partial charge on any atom is 0.313 e. The van der Waals surface area contributed by atoms with Gasteiger partial charge in [-0.1, -0.05) is 6.92 Å². The van der Waals surface area contributed by atoms with Gasteiger partial charge in [-0.2, -0.15) is 0 Å². The Hall–Kier alpha value is -2.01. The fourth-order valence-corrected chi connectivity index (χ4v) is 2.51. The van der Waals surface area contributed by atoms with Gasteiger partial charge in [0.15, 0.2) is 0 Å². The third kappa shape index (κ3) is 4.48.